The smallest absolute Gasteiger partial charge is 0.122 e. The van der Waals surface area contributed by atoms with Crippen LogP contribution in [-0.2, 0) is 13.1 Å². The molecule has 1 aliphatic heterocycles. The van der Waals surface area contributed by atoms with E-state index in [4.69, 9.17) is 5.73 Å². The molecule has 0 bridgehead atoms. The number of nitrogens with zero attached hydrogens (tertiary/aromatic N) is 3. The molecule has 2 unspecified atom stereocenters. The van der Waals surface area contributed by atoms with Crippen molar-refractivity contribution in [3.63, 3.8) is 0 Å². The third kappa shape index (κ3) is 1.68. The van der Waals surface area contributed by atoms with Gasteiger partial charge in [0.05, 0.1) is 6.54 Å². The highest BCUT2D eigenvalue weighted by Gasteiger charge is 2.29. The molecule has 15 heavy (non-hydrogen) atoms. The van der Waals surface area contributed by atoms with Gasteiger partial charge in [-0.05, 0) is 19.3 Å². The molecule has 0 radical (unpaired) electrons. The second-order valence-electron chi connectivity index (χ2n) is 4.73. The number of hydrogen-bond donors (Lipinski definition) is 1. The molecular formula is C11H18N4. The third-order valence-corrected chi connectivity index (χ3v) is 3.74. The predicted molar refractivity (Wildman–Crippen MR) is 58.3 cm³/mol. The molecule has 2 atom stereocenters. The van der Waals surface area contributed by atoms with Crippen molar-refractivity contribution in [1.29, 1.82) is 0 Å². The van der Waals surface area contributed by atoms with Gasteiger partial charge in [0.2, 0.25) is 0 Å². The maximum absolute atomic E-state index is 5.96. The Bertz CT molecular complexity index is 346. The highest BCUT2D eigenvalue weighted by atomic mass is 15.3. The lowest BCUT2D eigenvalue weighted by Gasteiger charge is -2.32. The molecule has 1 aromatic rings. The molecular weight excluding hydrogens is 188 g/mol. The molecule has 1 aliphatic carbocycles. The van der Waals surface area contributed by atoms with Crippen LogP contribution in [0.1, 0.15) is 25.1 Å². The summed E-state index contributed by atoms with van der Waals surface area (Å²) in [6.07, 6.45) is 7.60. The van der Waals surface area contributed by atoms with Gasteiger partial charge in [0.25, 0.3) is 0 Å². The van der Waals surface area contributed by atoms with Crippen molar-refractivity contribution in [3.8, 4) is 0 Å². The van der Waals surface area contributed by atoms with Gasteiger partial charge in [0, 0.05) is 37.6 Å². The van der Waals surface area contributed by atoms with Gasteiger partial charge in [0.15, 0.2) is 0 Å². The summed E-state index contributed by atoms with van der Waals surface area (Å²) in [5, 5.41) is 0. The average molecular weight is 206 g/mol. The average Bonchev–Trinajstić information content (AvgIpc) is 2.84. The third-order valence-electron chi connectivity index (χ3n) is 3.74. The Morgan fingerprint density at radius 1 is 1.33 bits per heavy atom. The van der Waals surface area contributed by atoms with Crippen molar-refractivity contribution >= 4 is 0 Å². The molecule has 4 heteroatoms. The molecule has 0 saturated heterocycles. The molecule has 2 aliphatic rings. The van der Waals surface area contributed by atoms with Crippen molar-refractivity contribution in [3.05, 3.63) is 18.2 Å². The molecule has 0 aromatic carbocycles. The van der Waals surface area contributed by atoms with Crippen molar-refractivity contribution < 1.29 is 0 Å². The molecule has 82 valence electrons. The predicted octanol–water partition coefficient (Wildman–Crippen LogP) is 0.578. The Labute approximate surface area is 90.1 Å². The number of hydrogen-bond acceptors (Lipinski definition) is 3. The number of fused-ring (bicyclic) bond motifs is 1. The summed E-state index contributed by atoms with van der Waals surface area (Å²) in [5.41, 5.74) is 5.96. The van der Waals surface area contributed by atoms with E-state index in [1.165, 1.54) is 25.1 Å². The maximum Gasteiger partial charge on any atom is 0.122 e. The van der Waals surface area contributed by atoms with Gasteiger partial charge in [-0.15, -0.1) is 0 Å². The molecule has 2 N–H and O–H groups in total. The van der Waals surface area contributed by atoms with Crippen LogP contribution in [0.2, 0.25) is 0 Å². The van der Waals surface area contributed by atoms with Crippen molar-refractivity contribution in [1.82, 2.24) is 14.5 Å². The number of nitrogens with two attached hydrogens (primary N) is 1. The lowest BCUT2D eigenvalue weighted by atomic mass is 10.2. The number of rotatable bonds is 1. The Kier molecular flexibility index (Phi) is 2.25. The molecule has 4 nitrogen and oxygen atoms in total. The van der Waals surface area contributed by atoms with Gasteiger partial charge >= 0.3 is 0 Å². The first-order chi connectivity index (χ1) is 7.33. The minimum atomic E-state index is 0.427. The van der Waals surface area contributed by atoms with Gasteiger partial charge in [-0.25, -0.2) is 4.98 Å². The first-order valence-corrected chi connectivity index (χ1v) is 5.82. The lowest BCUT2D eigenvalue weighted by molar-refractivity contribution is 0.153. The largest absolute Gasteiger partial charge is 0.333 e. The Morgan fingerprint density at radius 3 is 3.07 bits per heavy atom. The van der Waals surface area contributed by atoms with Crippen LogP contribution in [0.3, 0.4) is 0 Å². The minimum absolute atomic E-state index is 0.427. The normalized spacial score (nSPS) is 31.8. The molecule has 1 saturated carbocycles. The van der Waals surface area contributed by atoms with E-state index >= 15 is 0 Å². The van der Waals surface area contributed by atoms with Crippen molar-refractivity contribution in [2.75, 3.05) is 6.54 Å². The fourth-order valence-corrected chi connectivity index (χ4v) is 2.83. The zero-order chi connectivity index (χ0) is 10.3. The van der Waals surface area contributed by atoms with Crippen LogP contribution >= 0.6 is 0 Å². The van der Waals surface area contributed by atoms with Crippen LogP contribution in [0.25, 0.3) is 0 Å². The van der Waals surface area contributed by atoms with Gasteiger partial charge in [0.1, 0.15) is 5.82 Å². The molecule has 0 amide bonds. The van der Waals surface area contributed by atoms with E-state index in [2.05, 4.69) is 20.6 Å². The highest BCUT2D eigenvalue weighted by molar-refractivity contribution is 4.98. The van der Waals surface area contributed by atoms with Gasteiger partial charge < -0.3 is 10.3 Å². The van der Waals surface area contributed by atoms with Crippen LogP contribution < -0.4 is 5.73 Å². The summed E-state index contributed by atoms with van der Waals surface area (Å²) in [6, 6.07) is 1.13. The van der Waals surface area contributed by atoms with Crippen LogP contribution in [0.4, 0.5) is 0 Å². The minimum Gasteiger partial charge on any atom is -0.333 e. The Morgan fingerprint density at radius 2 is 2.27 bits per heavy atom. The summed E-state index contributed by atoms with van der Waals surface area (Å²) < 4.78 is 2.26. The summed E-state index contributed by atoms with van der Waals surface area (Å²) >= 11 is 0. The lowest BCUT2D eigenvalue weighted by Crippen LogP contribution is -2.40. The fraction of sp³-hybridized carbons (Fsp3) is 0.727. The van der Waals surface area contributed by atoms with Crippen LogP contribution in [0, 0.1) is 0 Å². The molecule has 0 spiro atoms. The van der Waals surface area contributed by atoms with E-state index < -0.39 is 0 Å². The van der Waals surface area contributed by atoms with E-state index in [0.717, 1.165) is 19.6 Å². The summed E-state index contributed by atoms with van der Waals surface area (Å²) in [5.74, 6) is 1.21. The van der Waals surface area contributed by atoms with Gasteiger partial charge in [-0.2, -0.15) is 0 Å². The summed E-state index contributed by atoms with van der Waals surface area (Å²) in [4.78, 5) is 6.94. The zero-order valence-corrected chi connectivity index (χ0v) is 8.97. The Hall–Kier alpha value is -0.870. The highest BCUT2D eigenvalue weighted by Crippen LogP contribution is 2.25. The summed E-state index contributed by atoms with van der Waals surface area (Å²) in [6.45, 7) is 3.24. The van der Waals surface area contributed by atoms with E-state index in [1.54, 1.807) is 0 Å². The van der Waals surface area contributed by atoms with Gasteiger partial charge in [-0.1, -0.05) is 0 Å². The SMILES string of the molecule is NC1CCC(N2CCn3ccnc3C2)C1. The van der Waals surface area contributed by atoms with E-state index in [1.807, 2.05) is 6.20 Å². The molecule has 1 fully saturated rings. The first kappa shape index (κ1) is 9.36. The quantitative estimate of drug-likeness (QED) is 0.731. The number of imidazole rings is 1. The Balaban J connectivity index is 1.71. The monoisotopic (exact) mass is 206 g/mol. The van der Waals surface area contributed by atoms with Gasteiger partial charge in [-0.3, -0.25) is 4.90 Å². The maximum atomic E-state index is 5.96. The summed E-state index contributed by atoms with van der Waals surface area (Å²) in [7, 11) is 0. The van der Waals surface area contributed by atoms with E-state index in [-0.39, 0.29) is 0 Å². The second-order valence-corrected chi connectivity index (χ2v) is 4.73. The van der Waals surface area contributed by atoms with E-state index in [9.17, 15) is 0 Å². The van der Waals surface area contributed by atoms with Crippen LogP contribution in [0.15, 0.2) is 12.4 Å². The van der Waals surface area contributed by atoms with E-state index in [0.29, 0.717) is 12.1 Å². The fourth-order valence-electron chi connectivity index (χ4n) is 2.83. The topological polar surface area (TPSA) is 47.1 Å². The first-order valence-electron chi connectivity index (χ1n) is 5.82. The second kappa shape index (κ2) is 3.61. The number of aromatic nitrogens is 2. The van der Waals surface area contributed by atoms with Crippen molar-refractivity contribution in [2.45, 2.75) is 44.4 Å². The zero-order valence-electron chi connectivity index (χ0n) is 8.97. The van der Waals surface area contributed by atoms with Crippen LogP contribution in [-0.4, -0.2) is 33.1 Å². The van der Waals surface area contributed by atoms with Crippen molar-refractivity contribution in [2.24, 2.45) is 5.73 Å². The molecule has 1 aromatic heterocycles. The molecule has 2 heterocycles. The standard InChI is InChI=1S/C11H18N4/c12-9-1-2-10(7-9)15-6-5-14-4-3-13-11(14)8-15/h3-4,9-10H,1-2,5-8,12H2. The molecule has 3 rings (SSSR count). The van der Waals surface area contributed by atoms with Crippen LogP contribution in [0.5, 0.6) is 0 Å².